The molecule has 1 amide bonds. The summed E-state index contributed by atoms with van der Waals surface area (Å²) < 4.78 is 28.3. The van der Waals surface area contributed by atoms with Gasteiger partial charge in [-0.05, 0) is 36.1 Å². The number of ether oxygens (including phenoxy) is 1. The monoisotopic (exact) mass is 387 g/mol. The Balaban J connectivity index is 1.79. The standard InChI is InChI=1S/C20H21NO5S/c1-26-19(23)20(11-13-27(24,25)14-12-20)21-18(22)17-9-7-16(8-10-17)15-5-3-2-4-6-15/h2-10H,11-14H2,1H3,(H,21,22). The van der Waals surface area contributed by atoms with Crippen LogP contribution < -0.4 is 5.32 Å². The van der Waals surface area contributed by atoms with Gasteiger partial charge in [0.25, 0.3) is 5.91 Å². The summed E-state index contributed by atoms with van der Waals surface area (Å²) in [6, 6.07) is 16.8. The molecule has 0 aliphatic carbocycles. The molecular weight excluding hydrogens is 366 g/mol. The highest BCUT2D eigenvalue weighted by atomic mass is 32.2. The van der Waals surface area contributed by atoms with E-state index in [1.54, 1.807) is 12.1 Å². The van der Waals surface area contributed by atoms with Crippen LogP contribution in [-0.2, 0) is 19.4 Å². The molecule has 1 aliphatic heterocycles. The van der Waals surface area contributed by atoms with E-state index in [1.807, 2.05) is 42.5 Å². The number of amides is 1. The van der Waals surface area contributed by atoms with Crippen LogP contribution in [0, 0.1) is 0 Å². The second-order valence-corrected chi connectivity index (χ2v) is 8.93. The van der Waals surface area contributed by atoms with Gasteiger partial charge in [0, 0.05) is 5.56 Å². The maximum absolute atomic E-state index is 12.7. The molecule has 7 heteroatoms. The molecule has 27 heavy (non-hydrogen) atoms. The Morgan fingerprint density at radius 2 is 1.48 bits per heavy atom. The summed E-state index contributed by atoms with van der Waals surface area (Å²) in [6.45, 7) is 0. The molecule has 0 unspecified atom stereocenters. The lowest BCUT2D eigenvalue weighted by Crippen LogP contribution is -2.58. The molecule has 0 radical (unpaired) electrons. The fraction of sp³-hybridized carbons (Fsp3) is 0.300. The van der Waals surface area contributed by atoms with E-state index in [1.165, 1.54) is 7.11 Å². The molecule has 1 saturated heterocycles. The molecule has 0 aromatic heterocycles. The Morgan fingerprint density at radius 3 is 2.04 bits per heavy atom. The first kappa shape index (κ1) is 19.1. The van der Waals surface area contributed by atoms with Gasteiger partial charge in [0.2, 0.25) is 0 Å². The van der Waals surface area contributed by atoms with Crippen molar-refractivity contribution < 1.29 is 22.7 Å². The summed E-state index contributed by atoms with van der Waals surface area (Å²) in [7, 11) is -1.96. The molecule has 0 bridgehead atoms. The van der Waals surface area contributed by atoms with Gasteiger partial charge < -0.3 is 10.1 Å². The van der Waals surface area contributed by atoms with Crippen molar-refractivity contribution in [1.82, 2.24) is 5.32 Å². The van der Waals surface area contributed by atoms with Crippen LogP contribution in [0.5, 0.6) is 0 Å². The summed E-state index contributed by atoms with van der Waals surface area (Å²) in [5.74, 6) is -1.36. The third-order valence-corrected chi connectivity index (χ3v) is 6.52. The van der Waals surface area contributed by atoms with E-state index in [-0.39, 0.29) is 24.3 Å². The zero-order valence-corrected chi connectivity index (χ0v) is 15.8. The minimum absolute atomic E-state index is 0.00977. The van der Waals surface area contributed by atoms with Crippen molar-refractivity contribution in [2.75, 3.05) is 18.6 Å². The number of carbonyl (C=O) groups is 2. The number of nitrogens with one attached hydrogen (secondary N) is 1. The van der Waals surface area contributed by atoms with Crippen LogP contribution in [0.25, 0.3) is 11.1 Å². The van der Waals surface area contributed by atoms with Crippen molar-refractivity contribution in [3.05, 3.63) is 60.2 Å². The molecule has 0 atom stereocenters. The summed E-state index contributed by atoms with van der Waals surface area (Å²) >= 11 is 0. The van der Waals surface area contributed by atoms with Crippen molar-refractivity contribution in [3.63, 3.8) is 0 Å². The average Bonchev–Trinajstić information content (AvgIpc) is 2.70. The molecule has 2 aromatic carbocycles. The molecule has 1 heterocycles. The molecular formula is C20H21NO5S. The lowest BCUT2D eigenvalue weighted by Gasteiger charge is -2.35. The normalized spacial score (nSPS) is 17.7. The van der Waals surface area contributed by atoms with E-state index < -0.39 is 27.3 Å². The van der Waals surface area contributed by atoms with Crippen LogP contribution in [0.2, 0.25) is 0 Å². The Kier molecular flexibility index (Phi) is 5.32. The largest absolute Gasteiger partial charge is 0.467 e. The third kappa shape index (κ3) is 4.19. The van der Waals surface area contributed by atoms with Gasteiger partial charge >= 0.3 is 5.97 Å². The van der Waals surface area contributed by atoms with Gasteiger partial charge in [-0.15, -0.1) is 0 Å². The first-order valence-corrected chi connectivity index (χ1v) is 10.4. The first-order chi connectivity index (χ1) is 12.9. The number of benzene rings is 2. The Bertz CT molecular complexity index is 922. The maximum atomic E-state index is 12.7. The number of sulfone groups is 1. The first-order valence-electron chi connectivity index (χ1n) is 8.62. The van der Waals surface area contributed by atoms with Crippen molar-refractivity contribution in [2.45, 2.75) is 18.4 Å². The highest BCUT2D eigenvalue weighted by molar-refractivity contribution is 7.91. The molecule has 1 N–H and O–H groups in total. The van der Waals surface area contributed by atoms with Crippen LogP contribution in [-0.4, -0.2) is 44.4 Å². The Hall–Kier alpha value is -2.67. The SMILES string of the molecule is COC(=O)C1(NC(=O)c2ccc(-c3ccccc3)cc2)CCS(=O)(=O)CC1. The van der Waals surface area contributed by atoms with Crippen LogP contribution in [0.3, 0.4) is 0 Å². The zero-order valence-electron chi connectivity index (χ0n) is 15.0. The molecule has 1 fully saturated rings. The summed E-state index contributed by atoms with van der Waals surface area (Å²) in [5, 5.41) is 2.72. The fourth-order valence-electron chi connectivity index (χ4n) is 3.20. The van der Waals surface area contributed by atoms with E-state index in [0.29, 0.717) is 5.56 Å². The van der Waals surface area contributed by atoms with Gasteiger partial charge in [-0.1, -0.05) is 42.5 Å². The Morgan fingerprint density at radius 1 is 0.926 bits per heavy atom. The predicted octanol–water partition coefficient (Wildman–Crippen LogP) is 2.20. The van der Waals surface area contributed by atoms with Gasteiger partial charge in [0.05, 0.1) is 18.6 Å². The zero-order chi connectivity index (χ0) is 19.5. The van der Waals surface area contributed by atoms with E-state index >= 15 is 0 Å². The topological polar surface area (TPSA) is 89.5 Å². The predicted molar refractivity (Wildman–Crippen MR) is 102 cm³/mol. The third-order valence-electron chi connectivity index (χ3n) is 4.86. The molecule has 0 saturated carbocycles. The van der Waals surface area contributed by atoms with Gasteiger partial charge in [-0.25, -0.2) is 13.2 Å². The maximum Gasteiger partial charge on any atom is 0.331 e. The van der Waals surface area contributed by atoms with Crippen molar-refractivity contribution in [3.8, 4) is 11.1 Å². The van der Waals surface area contributed by atoms with E-state index in [0.717, 1.165) is 11.1 Å². The van der Waals surface area contributed by atoms with Gasteiger partial charge in [0.1, 0.15) is 5.54 Å². The molecule has 6 nitrogen and oxygen atoms in total. The lowest BCUT2D eigenvalue weighted by atomic mass is 9.91. The number of rotatable bonds is 4. The second kappa shape index (κ2) is 7.52. The smallest absolute Gasteiger partial charge is 0.331 e. The number of carbonyl (C=O) groups excluding carboxylic acids is 2. The minimum atomic E-state index is -3.19. The molecule has 0 spiro atoms. The van der Waals surface area contributed by atoms with E-state index in [4.69, 9.17) is 4.74 Å². The molecule has 3 rings (SSSR count). The summed E-state index contributed by atoms with van der Waals surface area (Å²) in [5.41, 5.74) is 1.09. The highest BCUT2D eigenvalue weighted by Crippen LogP contribution is 2.26. The van der Waals surface area contributed by atoms with Gasteiger partial charge in [0.15, 0.2) is 9.84 Å². The summed E-state index contributed by atoms with van der Waals surface area (Å²) in [4.78, 5) is 25.0. The highest BCUT2D eigenvalue weighted by Gasteiger charge is 2.45. The van der Waals surface area contributed by atoms with Crippen molar-refractivity contribution in [1.29, 1.82) is 0 Å². The van der Waals surface area contributed by atoms with Crippen LogP contribution in [0.4, 0.5) is 0 Å². The van der Waals surface area contributed by atoms with Crippen molar-refractivity contribution in [2.24, 2.45) is 0 Å². The summed E-state index contributed by atoms with van der Waals surface area (Å²) in [6.07, 6.45) is 0.0195. The van der Waals surface area contributed by atoms with Crippen LogP contribution >= 0.6 is 0 Å². The number of esters is 1. The van der Waals surface area contributed by atoms with Crippen LogP contribution in [0.1, 0.15) is 23.2 Å². The minimum Gasteiger partial charge on any atom is -0.467 e. The van der Waals surface area contributed by atoms with Gasteiger partial charge in [-0.2, -0.15) is 0 Å². The molecule has 142 valence electrons. The second-order valence-electron chi connectivity index (χ2n) is 6.62. The quantitative estimate of drug-likeness (QED) is 0.813. The number of hydrogen-bond donors (Lipinski definition) is 1. The molecule has 1 aliphatic rings. The number of hydrogen-bond acceptors (Lipinski definition) is 5. The van der Waals surface area contributed by atoms with E-state index in [2.05, 4.69) is 5.32 Å². The molecule has 2 aromatic rings. The fourth-order valence-corrected chi connectivity index (χ4v) is 4.72. The number of methoxy groups -OCH3 is 1. The van der Waals surface area contributed by atoms with Crippen LogP contribution in [0.15, 0.2) is 54.6 Å². The Labute approximate surface area is 158 Å². The average molecular weight is 387 g/mol. The van der Waals surface area contributed by atoms with Gasteiger partial charge in [-0.3, -0.25) is 4.79 Å². The van der Waals surface area contributed by atoms with E-state index in [9.17, 15) is 18.0 Å². The van der Waals surface area contributed by atoms with Crippen molar-refractivity contribution >= 4 is 21.7 Å². The lowest BCUT2D eigenvalue weighted by molar-refractivity contribution is -0.148.